The molecule has 0 aliphatic rings. The van der Waals surface area contributed by atoms with Crippen LogP contribution in [0.4, 0.5) is 0 Å². The van der Waals surface area contributed by atoms with Crippen molar-refractivity contribution >= 4 is 5.91 Å². The number of rotatable bonds is 1. The molecular weight excluding hydrogens is 226 g/mol. The van der Waals surface area contributed by atoms with Gasteiger partial charge in [-0.25, -0.2) is 9.97 Å². The molecule has 1 amide bonds. The van der Waals surface area contributed by atoms with Crippen molar-refractivity contribution in [2.45, 2.75) is 55.4 Å². The Kier molecular flexibility index (Phi) is 18.8. The van der Waals surface area contributed by atoms with Crippen molar-refractivity contribution in [2.75, 3.05) is 7.05 Å². The second-order valence-electron chi connectivity index (χ2n) is 2.54. The highest BCUT2D eigenvalue weighted by molar-refractivity contribution is 5.90. The Morgan fingerprint density at radius 2 is 1.50 bits per heavy atom. The molecule has 18 heavy (non-hydrogen) atoms. The van der Waals surface area contributed by atoms with Crippen LogP contribution in [0.25, 0.3) is 0 Å². The van der Waals surface area contributed by atoms with E-state index in [1.165, 1.54) is 0 Å². The first-order valence-electron chi connectivity index (χ1n) is 6.67. The second kappa shape index (κ2) is 15.6. The number of hydrogen-bond donors (Lipinski definition) is 1. The number of carbonyl (C=O) groups is 1. The largest absolute Gasteiger partial charge is 0.352 e. The molecule has 0 unspecified atom stereocenters. The number of nitrogens with one attached hydrogen (secondary N) is 1. The summed E-state index contributed by atoms with van der Waals surface area (Å²) in [7, 11) is 1.56. The standard InChI is InChI=1S/C8H11N3O.3C2H6/c1-5-4-10-7(8(12)9-3)11-6(5)2;3*1-2/h4H,1-3H3,(H,9,12);3*1-2H3. The van der Waals surface area contributed by atoms with Gasteiger partial charge in [0, 0.05) is 18.9 Å². The molecule has 1 aromatic rings. The normalized spacial score (nSPS) is 7.39. The van der Waals surface area contributed by atoms with Crippen molar-refractivity contribution in [3.8, 4) is 0 Å². The summed E-state index contributed by atoms with van der Waals surface area (Å²) in [5.74, 6) is -0.0290. The smallest absolute Gasteiger partial charge is 0.288 e. The van der Waals surface area contributed by atoms with Crippen molar-refractivity contribution in [1.29, 1.82) is 0 Å². The molecule has 1 heterocycles. The number of nitrogens with zero attached hydrogens (tertiary/aromatic N) is 2. The molecule has 0 atom stereocenters. The maximum absolute atomic E-state index is 11.0. The molecule has 0 saturated heterocycles. The van der Waals surface area contributed by atoms with E-state index in [0.29, 0.717) is 0 Å². The van der Waals surface area contributed by atoms with E-state index in [4.69, 9.17) is 0 Å². The van der Waals surface area contributed by atoms with Crippen LogP contribution in [0.1, 0.15) is 63.4 Å². The van der Waals surface area contributed by atoms with E-state index < -0.39 is 0 Å². The molecule has 0 radical (unpaired) electrons. The molecule has 0 spiro atoms. The van der Waals surface area contributed by atoms with Gasteiger partial charge in [-0.05, 0) is 19.4 Å². The van der Waals surface area contributed by atoms with Crippen LogP contribution in [-0.2, 0) is 0 Å². The van der Waals surface area contributed by atoms with Gasteiger partial charge in [0.15, 0.2) is 0 Å². The SMILES string of the molecule is CC.CC.CC.CNC(=O)c1ncc(C)c(C)n1. The first kappa shape index (κ1) is 21.8. The Bertz CT molecular complexity index is 312. The predicted molar refractivity (Wildman–Crippen MR) is 78.9 cm³/mol. The number of amides is 1. The molecule has 0 fully saturated rings. The van der Waals surface area contributed by atoms with Gasteiger partial charge < -0.3 is 5.32 Å². The molecule has 1 rings (SSSR count). The highest BCUT2D eigenvalue weighted by Gasteiger charge is 2.06. The van der Waals surface area contributed by atoms with Crippen molar-refractivity contribution in [1.82, 2.24) is 15.3 Å². The third-order valence-corrected chi connectivity index (χ3v) is 1.65. The summed E-state index contributed by atoms with van der Waals surface area (Å²) < 4.78 is 0. The lowest BCUT2D eigenvalue weighted by Crippen LogP contribution is -2.21. The Morgan fingerprint density at radius 1 is 1.06 bits per heavy atom. The van der Waals surface area contributed by atoms with Crippen LogP contribution in [-0.4, -0.2) is 22.9 Å². The molecule has 1 N–H and O–H groups in total. The molecule has 0 saturated carbocycles. The summed E-state index contributed by atoms with van der Waals surface area (Å²) in [4.78, 5) is 18.9. The molecule has 1 aromatic heterocycles. The van der Waals surface area contributed by atoms with E-state index in [2.05, 4.69) is 15.3 Å². The number of hydrogen-bond acceptors (Lipinski definition) is 3. The Labute approximate surface area is 112 Å². The second-order valence-corrected chi connectivity index (χ2v) is 2.54. The predicted octanol–water partition coefficient (Wildman–Crippen LogP) is 3.53. The number of aryl methyl sites for hydroxylation is 2. The van der Waals surface area contributed by atoms with Crippen molar-refractivity contribution < 1.29 is 4.79 Å². The van der Waals surface area contributed by atoms with Crippen LogP contribution in [0.2, 0.25) is 0 Å². The van der Waals surface area contributed by atoms with Crippen molar-refractivity contribution in [2.24, 2.45) is 0 Å². The van der Waals surface area contributed by atoms with Crippen LogP contribution in [0.3, 0.4) is 0 Å². The average Bonchev–Trinajstić information content (AvgIpc) is 2.47. The minimum Gasteiger partial charge on any atom is -0.352 e. The van der Waals surface area contributed by atoms with Crippen LogP contribution >= 0.6 is 0 Å². The van der Waals surface area contributed by atoms with Crippen molar-refractivity contribution in [3.05, 3.63) is 23.3 Å². The third kappa shape index (κ3) is 8.67. The van der Waals surface area contributed by atoms with E-state index in [-0.39, 0.29) is 11.7 Å². The lowest BCUT2D eigenvalue weighted by molar-refractivity contribution is 0.0952. The average molecular weight is 255 g/mol. The quantitative estimate of drug-likeness (QED) is 0.835. The lowest BCUT2D eigenvalue weighted by Gasteiger charge is -2.00. The maximum atomic E-state index is 11.0. The zero-order valence-electron chi connectivity index (χ0n) is 13.4. The zero-order valence-corrected chi connectivity index (χ0v) is 13.4. The Morgan fingerprint density at radius 3 is 1.83 bits per heavy atom. The summed E-state index contributed by atoms with van der Waals surface area (Å²) >= 11 is 0. The molecule has 4 heteroatoms. The minimum atomic E-state index is -0.252. The summed E-state index contributed by atoms with van der Waals surface area (Å²) in [5.41, 5.74) is 1.83. The minimum absolute atomic E-state index is 0.223. The number of carbonyl (C=O) groups excluding carboxylic acids is 1. The van der Waals surface area contributed by atoms with E-state index in [1.807, 2.05) is 55.4 Å². The highest BCUT2D eigenvalue weighted by Crippen LogP contribution is 2.00. The summed E-state index contributed by atoms with van der Waals surface area (Å²) in [5, 5.41) is 2.46. The van der Waals surface area contributed by atoms with Gasteiger partial charge in [-0.2, -0.15) is 0 Å². The van der Waals surface area contributed by atoms with Gasteiger partial charge in [0.2, 0.25) is 5.82 Å². The van der Waals surface area contributed by atoms with Gasteiger partial charge in [0.1, 0.15) is 0 Å². The fourth-order valence-corrected chi connectivity index (χ4v) is 0.748. The molecule has 0 aromatic carbocycles. The maximum Gasteiger partial charge on any atom is 0.288 e. The van der Waals surface area contributed by atoms with Gasteiger partial charge in [0.05, 0.1) is 0 Å². The third-order valence-electron chi connectivity index (χ3n) is 1.65. The molecule has 0 aliphatic heterocycles. The van der Waals surface area contributed by atoms with Crippen molar-refractivity contribution in [3.63, 3.8) is 0 Å². The Hall–Kier alpha value is -1.45. The van der Waals surface area contributed by atoms with Gasteiger partial charge in [0.25, 0.3) is 5.91 Å². The fourth-order valence-electron chi connectivity index (χ4n) is 0.748. The van der Waals surface area contributed by atoms with Gasteiger partial charge >= 0.3 is 0 Å². The van der Waals surface area contributed by atoms with Crippen LogP contribution < -0.4 is 5.32 Å². The van der Waals surface area contributed by atoms with Gasteiger partial charge in [-0.15, -0.1) is 0 Å². The first-order valence-corrected chi connectivity index (χ1v) is 6.67. The van der Waals surface area contributed by atoms with E-state index >= 15 is 0 Å². The summed E-state index contributed by atoms with van der Waals surface area (Å²) in [6.45, 7) is 15.8. The lowest BCUT2D eigenvalue weighted by atomic mass is 10.3. The molecule has 0 bridgehead atoms. The van der Waals surface area contributed by atoms with Crippen LogP contribution in [0.15, 0.2) is 6.20 Å². The van der Waals surface area contributed by atoms with E-state index in [1.54, 1.807) is 13.2 Å². The first-order chi connectivity index (χ1) is 8.65. The topological polar surface area (TPSA) is 54.9 Å². The van der Waals surface area contributed by atoms with Gasteiger partial charge in [-0.1, -0.05) is 41.5 Å². The summed E-state index contributed by atoms with van der Waals surface area (Å²) in [6, 6.07) is 0. The summed E-state index contributed by atoms with van der Waals surface area (Å²) in [6.07, 6.45) is 1.65. The number of aromatic nitrogens is 2. The fraction of sp³-hybridized carbons (Fsp3) is 0.643. The highest BCUT2D eigenvalue weighted by atomic mass is 16.2. The van der Waals surface area contributed by atoms with E-state index in [0.717, 1.165) is 11.3 Å². The molecule has 106 valence electrons. The van der Waals surface area contributed by atoms with Crippen LogP contribution in [0, 0.1) is 13.8 Å². The molecular formula is C14H29N3O. The molecule has 0 aliphatic carbocycles. The monoisotopic (exact) mass is 255 g/mol. The van der Waals surface area contributed by atoms with Gasteiger partial charge in [-0.3, -0.25) is 4.79 Å². The Balaban J connectivity index is -0.000000328. The van der Waals surface area contributed by atoms with Crippen LogP contribution in [0.5, 0.6) is 0 Å². The van der Waals surface area contributed by atoms with E-state index in [9.17, 15) is 4.79 Å². The zero-order chi connectivity index (χ0) is 15.1. The molecule has 4 nitrogen and oxygen atoms in total.